The summed E-state index contributed by atoms with van der Waals surface area (Å²) in [6, 6.07) is 5.78. The number of benzene rings is 1. The summed E-state index contributed by atoms with van der Waals surface area (Å²) in [7, 11) is 0. The normalized spacial score (nSPS) is 19.8. The summed E-state index contributed by atoms with van der Waals surface area (Å²) < 4.78 is 14.8. The third-order valence-electron chi connectivity index (χ3n) is 4.01. The van der Waals surface area contributed by atoms with Crippen molar-refractivity contribution in [3.8, 4) is 0 Å². The topological polar surface area (TPSA) is 15.3 Å². The van der Waals surface area contributed by atoms with Gasteiger partial charge in [-0.1, -0.05) is 22.0 Å². The van der Waals surface area contributed by atoms with Gasteiger partial charge in [0.15, 0.2) is 0 Å². The standard InChI is InChI=1S/C16H24BrFN2/c1-12(2)20(10-13-4-3-7-19-9-13)11-14-5-6-15(17)8-16(14)18/h5-6,8,12-13,19H,3-4,7,9-11H2,1-2H3. The summed E-state index contributed by atoms with van der Waals surface area (Å²) >= 11 is 3.31. The first kappa shape index (κ1) is 15.9. The van der Waals surface area contributed by atoms with Crippen LogP contribution in [-0.4, -0.2) is 30.6 Å². The van der Waals surface area contributed by atoms with Crippen LogP contribution in [0.4, 0.5) is 4.39 Å². The summed E-state index contributed by atoms with van der Waals surface area (Å²) in [6.07, 6.45) is 2.53. The Labute approximate surface area is 129 Å². The van der Waals surface area contributed by atoms with Crippen LogP contribution in [0.2, 0.25) is 0 Å². The molecule has 1 aliphatic heterocycles. The average Bonchev–Trinajstić information content (AvgIpc) is 2.42. The van der Waals surface area contributed by atoms with Gasteiger partial charge in [-0.15, -0.1) is 0 Å². The average molecular weight is 343 g/mol. The highest BCUT2D eigenvalue weighted by atomic mass is 79.9. The molecular formula is C16H24BrFN2. The third kappa shape index (κ3) is 4.54. The monoisotopic (exact) mass is 342 g/mol. The maximum atomic E-state index is 14.0. The smallest absolute Gasteiger partial charge is 0.128 e. The molecule has 2 nitrogen and oxygen atoms in total. The fraction of sp³-hybridized carbons (Fsp3) is 0.625. The molecule has 1 saturated heterocycles. The van der Waals surface area contributed by atoms with E-state index in [0.717, 1.165) is 29.7 Å². The third-order valence-corrected chi connectivity index (χ3v) is 4.50. The van der Waals surface area contributed by atoms with Crippen LogP contribution >= 0.6 is 15.9 Å². The fourth-order valence-corrected chi connectivity index (χ4v) is 3.07. The highest BCUT2D eigenvalue weighted by Gasteiger charge is 2.20. The predicted octanol–water partition coefficient (Wildman–Crippen LogP) is 3.80. The molecule has 2 rings (SSSR count). The first-order chi connectivity index (χ1) is 9.56. The summed E-state index contributed by atoms with van der Waals surface area (Å²) in [5.74, 6) is 0.566. The zero-order valence-electron chi connectivity index (χ0n) is 12.3. The second kappa shape index (κ2) is 7.53. The second-order valence-corrected chi connectivity index (χ2v) is 6.89. The molecule has 20 heavy (non-hydrogen) atoms. The maximum absolute atomic E-state index is 14.0. The molecule has 0 radical (unpaired) electrons. The Balaban J connectivity index is 2.01. The van der Waals surface area contributed by atoms with E-state index in [0.29, 0.717) is 18.5 Å². The largest absolute Gasteiger partial charge is 0.316 e. The number of nitrogens with zero attached hydrogens (tertiary/aromatic N) is 1. The van der Waals surface area contributed by atoms with Gasteiger partial charge in [0.25, 0.3) is 0 Å². The van der Waals surface area contributed by atoms with E-state index in [2.05, 4.69) is 40.0 Å². The summed E-state index contributed by atoms with van der Waals surface area (Å²) in [5, 5.41) is 3.45. The second-order valence-electron chi connectivity index (χ2n) is 5.97. The van der Waals surface area contributed by atoms with Crippen LogP contribution in [0.5, 0.6) is 0 Å². The SMILES string of the molecule is CC(C)N(Cc1ccc(Br)cc1F)CC1CCCNC1. The first-order valence-electron chi connectivity index (χ1n) is 7.45. The number of piperidine rings is 1. The molecule has 0 amide bonds. The Hall–Kier alpha value is -0.450. The molecule has 0 spiro atoms. The molecule has 0 saturated carbocycles. The van der Waals surface area contributed by atoms with Gasteiger partial charge in [-0.3, -0.25) is 4.90 Å². The van der Waals surface area contributed by atoms with E-state index in [1.807, 2.05) is 12.1 Å². The van der Waals surface area contributed by atoms with Crippen molar-refractivity contribution in [1.29, 1.82) is 0 Å². The van der Waals surface area contributed by atoms with E-state index in [-0.39, 0.29) is 5.82 Å². The molecule has 112 valence electrons. The highest BCUT2D eigenvalue weighted by molar-refractivity contribution is 9.10. The van der Waals surface area contributed by atoms with E-state index in [1.54, 1.807) is 6.07 Å². The predicted molar refractivity (Wildman–Crippen MR) is 85.2 cm³/mol. The van der Waals surface area contributed by atoms with Crippen LogP contribution in [0.15, 0.2) is 22.7 Å². The van der Waals surface area contributed by atoms with Crippen LogP contribution in [0.25, 0.3) is 0 Å². The number of halogens is 2. The fourth-order valence-electron chi connectivity index (χ4n) is 2.74. The molecule has 0 aliphatic carbocycles. The van der Waals surface area contributed by atoms with Crippen molar-refractivity contribution >= 4 is 15.9 Å². The molecule has 4 heteroatoms. The van der Waals surface area contributed by atoms with Crippen molar-refractivity contribution in [2.75, 3.05) is 19.6 Å². The zero-order valence-corrected chi connectivity index (χ0v) is 13.9. The van der Waals surface area contributed by atoms with E-state index in [4.69, 9.17) is 0 Å². The summed E-state index contributed by atoms with van der Waals surface area (Å²) in [6.45, 7) is 8.33. The van der Waals surface area contributed by atoms with Gasteiger partial charge in [-0.25, -0.2) is 4.39 Å². The van der Waals surface area contributed by atoms with Gasteiger partial charge in [0.2, 0.25) is 0 Å². The van der Waals surface area contributed by atoms with Crippen molar-refractivity contribution in [2.24, 2.45) is 5.92 Å². The maximum Gasteiger partial charge on any atom is 0.128 e. The number of rotatable bonds is 5. The van der Waals surface area contributed by atoms with Crippen molar-refractivity contribution < 1.29 is 4.39 Å². The molecule has 1 aliphatic rings. The van der Waals surface area contributed by atoms with Gasteiger partial charge < -0.3 is 5.32 Å². The van der Waals surface area contributed by atoms with Crippen molar-refractivity contribution in [3.63, 3.8) is 0 Å². The molecule has 1 heterocycles. The van der Waals surface area contributed by atoms with Crippen molar-refractivity contribution in [3.05, 3.63) is 34.1 Å². The lowest BCUT2D eigenvalue weighted by molar-refractivity contribution is 0.162. The summed E-state index contributed by atoms with van der Waals surface area (Å²) in [5.41, 5.74) is 0.783. The van der Waals surface area contributed by atoms with Crippen molar-refractivity contribution in [1.82, 2.24) is 10.2 Å². The minimum atomic E-state index is -0.119. The van der Waals surface area contributed by atoms with Gasteiger partial charge in [-0.2, -0.15) is 0 Å². The Bertz CT molecular complexity index is 430. The Morgan fingerprint density at radius 1 is 1.45 bits per heavy atom. The molecule has 1 fully saturated rings. The van der Waals surface area contributed by atoms with Crippen LogP contribution in [-0.2, 0) is 6.54 Å². The molecule has 0 aromatic heterocycles. The number of hydrogen-bond donors (Lipinski definition) is 1. The van der Waals surface area contributed by atoms with Crippen LogP contribution in [0.3, 0.4) is 0 Å². The van der Waals surface area contributed by atoms with E-state index >= 15 is 0 Å². The van der Waals surface area contributed by atoms with E-state index in [1.165, 1.54) is 12.8 Å². The van der Waals surface area contributed by atoms with Crippen molar-refractivity contribution in [2.45, 2.75) is 39.3 Å². The Kier molecular flexibility index (Phi) is 6.00. The summed E-state index contributed by atoms with van der Waals surface area (Å²) in [4.78, 5) is 2.38. The van der Waals surface area contributed by atoms with Gasteiger partial charge in [0.05, 0.1) is 0 Å². The number of nitrogens with one attached hydrogen (secondary N) is 1. The lowest BCUT2D eigenvalue weighted by Crippen LogP contribution is -2.40. The molecule has 1 aromatic carbocycles. The van der Waals surface area contributed by atoms with Gasteiger partial charge in [-0.05, 0) is 57.8 Å². The van der Waals surface area contributed by atoms with Gasteiger partial charge >= 0.3 is 0 Å². The highest BCUT2D eigenvalue weighted by Crippen LogP contribution is 2.20. The van der Waals surface area contributed by atoms with Crippen LogP contribution in [0.1, 0.15) is 32.3 Å². The lowest BCUT2D eigenvalue weighted by Gasteiger charge is -2.33. The van der Waals surface area contributed by atoms with Crippen LogP contribution < -0.4 is 5.32 Å². The Morgan fingerprint density at radius 2 is 2.25 bits per heavy atom. The minimum absolute atomic E-state index is 0.119. The van der Waals surface area contributed by atoms with E-state index in [9.17, 15) is 4.39 Å². The lowest BCUT2D eigenvalue weighted by atomic mass is 9.98. The quantitative estimate of drug-likeness (QED) is 0.875. The van der Waals surface area contributed by atoms with Gasteiger partial charge in [0.1, 0.15) is 5.82 Å². The molecular weight excluding hydrogens is 319 g/mol. The molecule has 0 bridgehead atoms. The minimum Gasteiger partial charge on any atom is -0.316 e. The molecule has 1 unspecified atom stereocenters. The zero-order chi connectivity index (χ0) is 14.5. The van der Waals surface area contributed by atoms with E-state index < -0.39 is 0 Å². The molecule has 1 N–H and O–H groups in total. The van der Waals surface area contributed by atoms with Crippen LogP contribution in [0, 0.1) is 11.7 Å². The Morgan fingerprint density at radius 3 is 2.85 bits per heavy atom. The van der Waals surface area contributed by atoms with Gasteiger partial charge in [0, 0.05) is 29.2 Å². The molecule has 1 aromatic rings. The number of hydrogen-bond acceptors (Lipinski definition) is 2. The first-order valence-corrected chi connectivity index (χ1v) is 8.24. The molecule has 1 atom stereocenters.